The molecule has 0 N–H and O–H groups in total. The van der Waals surface area contributed by atoms with Crippen LogP contribution in [0.3, 0.4) is 0 Å². The Bertz CT molecular complexity index is 3620. The molecule has 1 heterocycles. The maximum atomic E-state index is 2.50. The molecular weight excluding hydrogens is 809 g/mol. The largest absolute Gasteiger partial charge is 0.313 e. The molecule has 2 heteroatoms. The Kier molecular flexibility index (Phi) is 8.36. The van der Waals surface area contributed by atoms with E-state index >= 15 is 0 Å². The minimum Gasteiger partial charge on any atom is -0.313 e. The quantitative estimate of drug-likeness (QED) is 0.164. The van der Waals surface area contributed by atoms with Crippen LogP contribution in [-0.2, 0) is 5.41 Å². The zero-order chi connectivity index (χ0) is 44.1. The first-order chi connectivity index (χ1) is 33.3. The van der Waals surface area contributed by atoms with Gasteiger partial charge >= 0.3 is 0 Å². The molecule has 10 aromatic carbocycles. The molecule has 10 aromatic rings. The van der Waals surface area contributed by atoms with Gasteiger partial charge < -0.3 is 9.80 Å². The maximum absolute atomic E-state index is 2.50. The summed E-state index contributed by atoms with van der Waals surface area (Å²) in [7, 11) is 0. The van der Waals surface area contributed by atoms with Gasteiger partial charge in [-0.25, -0.2) is 0 Å². The van der Waals surface area contributed by atoms with Crippen molar-refractivity contribution in [3.05, 3.63) is 271 Å². The average Bonchev–Trinajstić information content (AvgIpc) is 3.87. The van der Waals surface area contributed by atoms with Crippen LogP contribution in [0, 0.1) is 0 Å². The van der Waals surface area contributed by atoms with Gasteiger partial charge in [-0.1, -0.05) is 188 Å². The number of benzene rings is 10. The summed E-state index contributed by atoms with van der Waals surface area (Å²) in [6.45, 7) is 0. The van der Waals surface area contributed by atoms with Crippen molar-refractivity contribution >= 4 is 39.2 Å². The van der Waals surface area contributed by atoms with Crippen LogP contribution in [-0.4, -0.2) is 0 Å². The first-order valence-electron chi connectivity index (χ1n) is 23.6. The van der Waals surface area contributed by atoms with Crippen LogP contribution in [0.15, 0.2) is 248 Å². The lowest BCUT2D eigenvalue weighted by Crippen LogP contribution is -2.26. The lowest BCUT2D eigenvalue weighted by atomic mass is 9.70. The van der Waals surface area contributed by atoms with Crippen LogP contribution < -0.4 is 9.80 Å². The zero-order valence-corrected chi connectivity index (χ0v) is 36.9. The lowest BCUT2D eigenvalue weighted by molar-refractivity contribution is 0.793. The third-order valence-electron chi connectivity index (χ3n) is 14.9. The second-order valence-electron chi connectivity index (χ2n) is 18.2. The Labute approximate surface area is 391 Å². The summed E-state index contributed by atoms with van der Waals surface area (Å²) in [5, 5.41) is 2.57. The Balaban J connectivity index is 0.932. The molecule has 0 radical (unpaired) electrons. The lowest BCUT2D eigenvalue weighted by Gasteiger charge is -2.36. The van der Waals surface area contributed by atoms with Crippen molar-refractivity contribution in [2.24, 2.45) is 0 Å². The Morgan fingerprint density at radius 2 is 0.896 bits per heavy atom. The highest BCUT2D eigenvalue weighted by Crippen LogP contribution is 2.63. The standard InChI is InChI=1S/C65H44N2/c1-3-16-43(17-4-1)44-30-34-47(35-31-44)66(49-38-39-54-53-22-9-13-27-60(53)65(61(54)42-49)58-25-11-7-20-51(58)52-21-8-12-26-59(52)65)48-36-32-45(33-37-48)50-40-41-57-55-23-10-14-28-62(55)67(46-18-5-2-6-19-46)63-29-15-24-56(50)64(57)63/h1-5,7-18,20-42H,6,19H2. The zero-order valence-electron chi connectivity index (χ0n) is 36.9. The molecule has 0 saturated heterocycles. The number of rotatable bonds is 6. The molecule has 3 aliphatic carbocycles. The van der Waals surface area contributed by atoms with Gasteiger partial charge in [-0.05, 0) is 145 Å². The van der Waals surface area contributed by atoms with Gasteiger partial charge in [-0.15, -0.1) is 0 Å². The molecule has 314 valence electrons. The van der Waals surface area contributed by atoms with Gasteiger partial charge in [0.2, 0.25) is 0 Å². The van der Waals surface area contributed by atoms with E-state index in [0.29, 0.717) is 0 Å². The maximum Gasteiger partial charge on any atom is 0.0726 e. The monoisotopic (exact) mass is 852 g/mol. The van der Waals surface area contributed by atoms with Crippen molar-refractivity contribution < 1.29 is 0 Å². The molecule has 2 nitrogen and oxygen atoms in total. The van der Waals surface area contributed by atoms with Gasteiger partial charge in [-0.3, -0.25) is 0 Å². The SMILES string of the molecule is C1=CCCC(N2c3ccccc3-c3ccc(-c4ccc(N(c5ccc(-c6ccccc6)cc5)c5ccc6c(c5)C5(c7ccccc7-c7ccccc75)c5ccccc5-6)cc4)c4cccc2c34)=C1. The number of hydrogen-bond donors (Lipinski definition) is 0. The number of para-hydroxylation sites is 1. The third-order valence-corrected chi connectivity index (χ3v) is 14.9. The van der Waals surface area contributed by atoms with E-state index in [2.05, 4.69) is 252 Å². The Hall–Kier alpha value is -8.46. The van der Waals surface area contributed by atoms with Gasteiger partial charge in [-0.2, -0.15) is 0 Å². The van der Waals surface area contributed by atoms with E-state index in [-0.39, 0.29) is 0 Å². The molecule has 67 heavy (non-hydrogen) atoms. The van der Waals surface area contributed by atoms with Crippen molar-refractivity contribution in [2.45, 2.75) is 18.3 Å². The van der Waals surface area contributed by atoms with Crippen molar-refractivity contribution in [1.29, 1.82) is 0 Å². The molecule has 0 aromatic heterocycles. The van der Waals surface area contributed by atoms with E-state index < -0.39 is 5.41 Å². The van der Waals surface area contributed by atoms with Crippen molar-refractivity contribution in [3.63, 3.8) is 0 Å². The smallest absolute Gasteiger partial charge is 0.0726 e. The summed E-state index contributed by atoms with van der Waals surface area (Å²) in [5.41, 5.74) is 24.7. The summed E-state index contributed by atoms with van der Waals surface area (Å²) < 4.78 is 0. The van der Waals surface area contributed by atoms with Gasteiger partial charge in [0.05, 0.1) is 16.8 Å². The molecule has 0 fully saturated rings. The first kappa shape index (κ1) is 37.9. The number of fused-ring (bicyclic) bond motifs is 12. The summed E-state index contributed by atoms with van der Waals surface area (Å²) in [6.07, 6.45) is 8.84. The molecule has 4 aliphatic rings. The minimum atomic E-state index is -0.434. The third kappa shape index (κ3) is 5.51. The van der Waals surface area contributed by atoms with Crippen LogP contribution in [0.1, 0.15) is 35.1 Å². The van der Waals surface area contributed by atoms with E-state index in [1.54, 1.807) is 0 Å². The Morgan fingerprint density at radius 3 is 1.55 bits per heavy atom. The molecule has 0 saturated carbocycles. The highest BCUT2D eigenvalue weighted by molar-refractivity contribution is 6.16. The summed E-state index contributed by atoms with van der Waals surface area (Å²) in [6, 6.07) is 83.8. The van der Waals surface area contributed by atoms with E-state index in [0.717, 1.165) is 29.9 Å². The van der Waals surface area contributed by atoms with Gasteiger partial charge in [0, 0.05) is 33.7 Å². The fourth-order valence-electron chi connectivity index (χ4n) is 12.1. The van der Waals surface area contributed by atoms with E-state index in [4.69, 9.17) is 0 Å². The number of nitrogens with zero attached hydrogens (tertiary/aromatic N) is 2. The molecular formula is C65H44N2. The first-order valence-corrected chi connectivity index (χ1v) is 23.6. The molecule has 14 rings (SSSR count). The minimum absolute atomic E-state index is 0.434. The van der Waals surface area contributed by atoms with Crippen LogP contribution in [0.2, 0.25) is 0 Å². The predicted octanol–water partition coefficient (Wildman–Crippen LogP) is 17.3. The topological polar surface area (TPSA) is 6.48 Å². The number of anilines is 5. The fourth-order valence-corrected chi connectivity index (χ4v) is 12.1. The number of hydrogen-bond acceptors (Lipinski definition) is 2. The molecule has 0 amide bonds. The van der Waals surface area contributed by atoms with Crippen LogP contribution >= 0.6 is 0 Å². The molecule has 0 atom stereocenters. The van der Waals surface area contributed by atoms with Crippen LogP contribution in [0.5, 0.6) is 0 Å². The second-order valence-corrected chi connectivity index (χ2v) is 18.2. The van der Waals surface area contributed by atoms with Crippen molar-refractivity contribution in [1.82, 2.24) is 0 Å². The normalized spacial score (nSPS) is 14.3. The van der Waals surface area contributed by atoms with Gasteiger partial charge in [0.15, 0.2) is 0 Å². The highest BCUT2D eigenvalue weighted by atomic mass is 15.2. The highest BCUT2D eigenvalue weighted by Gasteiger charge is 2.51. The molecule has 0 unspecified atom stereocenters. The van der Waals surface area contributed by atoms with Crippen LogP contribution in [0.25, 0.3) is 66.4 Å². The average molecular weight is 853 g/mol. The van der Waals surface area contributed by atoms with Crippen LogP contribution in [0.4, 0.5) is 28.4 Å². The summed E-state index contributed by atoms with van der Waals surface area (Å²) in [5.74, 6) is 0. The molecule has 1 spiro atoms. The number of allylic oxidation sites excluding steroid dienone is 4. The summed E-state index contributed by atoms with van der Waals surface area (Å²) >= 11 is 0. The van der Waals surface area contributed by atoms with E-state index in [1.165, 1.54) is 106 Å². The Morgan fingerprint density at radius 1 is 0.373 bits per heavy atom. The fraction of sp³-hybridized carbons (Fsp3) is 0.0462. The van der Waals surface area contributed by atoms with Gasteiger partial charge in [0.25, 0.3) is 0 Å². The van der Waals surface area contributed by atoms with Crippen molar-refractivity contribution in [2.75, 3.05) is 9.80 Å². The second kappa shape index (κ2) is 14.8. The predicted molar refractivity (Wildman–Crippen MR) is 280 cm³/mol. The van der Waals surface area contributed by atoms with Gasteiger partial charge in [0.1, 0.15) is 0 Å². The summed E-state index contributed by atoms with van der Waals surface area (Å²) in [4.78, 5) is 4.95. The van der Waals surface area contributed by atoms with E-state index in [1.807, 2.05) is 0 Å². The molecule has 0 bridgehead atoms. The molecule has 1 aliphatic heterocycles. The van der Waals surface area contributed by atoms with Crippen molar-refractivity contribution in [3.8, 4) is 55.6 Å². The van der Waals surface area contributed by atoms with E-state index in [9.17, 15) is 0 Å².